The summed E-state index contributed by atoms with van der Waals surface area (Å²) in [5, 5.41) is 20.8. The van der Waals surface area contributed by atoms with Gasteiger partial charge in [-0.05, 0) is 29.3 Å². The number of rotatable bonds is 3. The molecule has 0 N–H and O–H groups in total. The van der Waals surface area contributed by atoms with E-state index < -0.39 is 34.8 Å². The first-order valence-corrected chi connectivity index (χ1v) is 10.8. The molecule has 0 bridgehead atoms. The van der Waals surface area contributed by atoms with E-state index in [0.717, 1.165) is 11.3 Å². The summed E-state index contributed by atoms with van der Waals surface area (Å²) >= 11 is 0. The minimum atomic E-state index is -1.50. The van der Waals surface area contributed by atoms with Gasteiger partial charge < -0.3 is 9.64 Å². The van der Waals surface area contributed by atoms with E-state index in [2.05, 4.69) is 12.1 Å². The molecule has 0 aromatic heterocycles. The Balaban J connectivity index is 1.97. The molecule has 0 saturated carbocycles. The van der Waals surface area contributed by atoms with Crippen molar-refractivity contribution in [2.75, 3.05) is 12.0 Å². The minimum absolute atomic E-state index is 0.0491. The lowest BCUT2D eigenvalue weighted by Gasteiger charge is -2.37. The number of fused-ring (bicyclic) bond motifs is 3. The van der Waals surface area contributed by atoms with Crippen molar-refractivity contribution in [1.82, 2.24) is 0 Å². The Hall–Kier alpha value is -3.90. The molecule has 4 rings (SSSR count). The lowest BCUT2D eigenvalue weighted by Crippen LogP contribution is -2.47. The molecule has 166 valence electrons. The summed E-state index contributed by atoms with van der Waals surface area (Å²) in [6.45, 7) is 5.56. The topological polar surface area (TPSA) is 94.2 Å². The van der Waals surface area contributed by atoms with E-state index in [1.54, 1.807) is 24.3 Å². The summed E-state index contributed by atoms with van der Waals surface area (Å²) in [6, 6.07) is 17.6. The first kappa shape index (κ1) is 22.3. The van der Waals surface area contributed by atoms with Gasteiger partial charge in [-0.15, -0.1) is 0 Å². The van der Waals surface area contributed by atoms with E-state index in [1.807, 2.05) is 62.1 Å². The van der Waals surface area contributed by atoms with Crippen LogP contribution in [0, 0.1) is 33.5 Å². The zero-order chi connectivity index (χ0) is 24.0. The van der Waals surface area contributed by atoms with Crippen LogP contribution in [-0.4, -0.2) is 30.9 Å². The van der Waals surface area contributed by atoms with Crippen LogP contribution in [0.25, 0.3) is 6.08 Å². The maximum Gasteiger partial charge on any atom is 0.337 e. The Morgan fingerprint density at radius 3 is 2.24 bits per heavy atom. The summed E-state index contributed by atoms with van der Waals surface area (Å²) in [4.78, 5) is 27.8. The van der Waals surface area contributed by atoms with E-state index in [4.69, 9.17) is 4.74 Å². The van der Waals surface area contributed by atoms with Crippen LogP contribution >= 0.6 is 0 Å². The third kappa shape index (κ3) is 3.31. The van der Waals surface area contributed by atoms with Crippen LogP contribution in [0.5, 0.6) is 0 Å². The van der Waals surface area contributed by atoms with Crippen molar-refractivity contribution in [2.24, 2.45) is 10.8 Å². The Kier molecular flexibility index (Phi) is 5.34. The van der Waals surface area contributed by atoms with Gasteiger partial charge in [0, 0.05) is 17.0 Å². The number of Topliss-reactive ketones (excluding diaryl/α,β-unsaturated/α-hetero) is 1. The van der Waals surface area contributed by atoms with Gasteiger partial charge in [-0.2, -0.15) is 10.5 Å². The van der Waals surface area contributed by atoms with Crippen LogP contribution in [0.4, 0.5) is 5.69 Å². The number of carbonyl (C=O) groups is 2. The van der Waals surface area contributed by atoms with Crippen LogP contribution in [0.1, 0.15) is 48.2 Å². The fourth-order valence-electron chi connectivity index (χ4n) is 5.00. The molecule has 33 heavy (non-hydrogen) atoms. The number of para-hydroxylation sites is 1. The summed E-state index contributed by atoms with van der Waals surface area (Å²) < 4.78 is 4.79. The summed E-state index contributed by atoms with van der Waals surface area (Å²) in [5.74, 6) is -1.24. The van der Waals surface area contributed by atoms with E-state index >= 15 is 0 Å². The third-order valence-corrected chi connectivity index (χ3v) is 6.61. The standard InChI is InChI=1S/C27H25N3O3/c1-26(2,3)24(31)23-22(18-9-11-19(12-10-18)25(32)33-4)27(15-28,16-29)21-14-13-17-7-5-6-8-20(17)30(21)23/h5-14,21-23H,1-4H3/t21?,22-,23?/m1/s1. The predicted molar refractivity (Wildman–Crippen MR) is 124 cm³/mol. The van der Waals surface area contributed by atoms with Gasteiger partial charge in [0.25, 0.3) is 0 Å². The number of carbonyl (C=O) groups excluding carboxylic acids is 2. The van der Waals surface area contributed by atoms with Crippen molar-refractivity contribution in [3.63, 3.8) is 0 Å². The predicted octanol–water partition coefficient (Wildman–Crippen LogP) is 4.49. The van der Waals surface area contributed by atoms with Crippen LogP contribution in [-0.2, 0) is 9.53 Å². The van der Waals surface area contributed by atoms with Crippen LogP contribution in [0.3, 0.4) is 0 Å². The number of hydrogen-bond donors (Lipinski definition) is 0. The van der Waals surface area contributed by atoms with Gasteiger partial charge in [-0.25, -0.2) is 4.79 Å². The molecule has 3 atom stereocenters. The first-order valence-electron chi connectivity index (χ1n) is 10.8. The summed E-state index contributed by atoms with van der Waals surface area (Å²) in [7, 11) is 1.31. The number of hydrogen-bond acceptors (Lipinski definition) is 6. The fourth-order valence-corrected chi connectivity index (χ4v) is 5.00. The Bertz CT molecular complexity index is 1210. The number of methoxy groups -OCH3 is 1. The van der Waals surface area contributed by atoms with Crippen LogP contribution in [0.15, 0.2) is 54.6 Å². The second kappa shape index (κ2) is 7.90. The number of esters is 1. The molecular formula is C27H25N3O3. The molecule has 2 heterocycles. The highest BCUT2D eigenvalue weighted by Crippen LogP contribution is 2.56. The summed E-state index contributed by atoms with van der Waals surface area (Å²) in [6.07, 6.45) is 3.78. The van der Waals surface area contributed by atoms with Crippen molar-refractivity contribution < 1.29 is 14.3 Å². The molecule has 0 aliphatic carbocycles. The molecule has 0 radical (unpaired) electrons. The van der Waals surface area contributed by atoms with Gasteiger partial charge >= 0.3 is 5.97 Å². The maximum atomic E-state index is 13.9. The molecule has 2 aromatic carbocycles. The SMILES string of the molecule is COC(=O)c1ccc([C@@H]2C(C(=O)C(C)(C)C)N3c4ccccc4C=CC3C2(C#N)C#N)cc1. The van der Waals surface area contributed by atoms with Crippen molar-refractivity contribution in [1.29, 1.82) is 10.5 Å². The average Bonchev–Trinajstić information content (AvgIpc) is 3.13. The fraction of sp³-hybridized carbons (Fsp3) is 0.333. The van der Waals surface area contributed by atoms with Crippen molar-refractivity contribution in [3.05, 3.63) is 71.3 Å². The van der Waals surface area contributed by atoms with Crippen LogP contribution < -0.4 is 4.90 Å². The molecular weight excluding hydrogens is 414 g/mol. The number of benzene rings is 2. The van der Waals surface area contributed by atoms with E-state index in [-0.39, 0.29) is 5.78 Å². The van der Waals surface area contributed by atoms with Gasteiger partial charge in [-0.1, -0.05) is 63.3 Å². The van der Waals surface area contributed by atoms with Crippen molar-refractivity contribution >= 4 is 23.5 Å². The molecule has 2 aromatic rings. The Morgan fingerprint density at radius 2 is 1.67 bits per heavy atom. The first-order chi connectivity index (χ1) is 15.7. The molecule has 6 heteroatoms. The highest BCUT2D eigenvalue weighted by Gasteiger charge is 2.64. The number of ether oxygens (including phenoxy) is 1. The largest absolute Gasteiger partial charge is 0.465 e. The number of nitrogens with zero attached hydrogens (tertiary/aromatic N) is 3. The zero-order valence-corrected chi connectivity index (χ0v) is 19.1. The zero-order valence-electron chi connectivity index (χ0n) is 19.1. The summed E-state index contributed by atoms with van der Waals surface area (Å²) in [5.41, 5.74) is 0.593. The molecule has 6 nitrogen and oxygen atoms in total. The van der Waals surface area contributed by atoms with Crippen molar-refractivity contribution in [2.45, 2.75) is 38.8 Å². The van der Waals surface area contributed by atoms with E-state index in [9.17, 15) is 20.1 Å². The minimum Gasteiger partial charge on any atom is -0.465 e. The quantitative estimate of drug-likeness (QED) is 0.654. The van der Waals surface area contributed by atoms with Gasteiger partial charge in [0.15, 0.2) is 11.2 Å². The maximum absolute atomic E-state index is 13.9. The molecule has 0 amide bonds. The highest BCUT2D eigenvalue weighted by molar-refractivity contribution is 5.96. The molecule has 0 spiro atoms. The lowest BCUT2D eigenvalue weighted by atomic mass is 9.67. The second-order valence-corrected chi connectivity index (χ2v) is 9.51. The number of anilines is 1. The van der Waals surface area contributed by atoms with Gasteiger partial charge in [0.1, 0.15) is 0 Å². The van der Waals surface area contributed by atoms with Crippen LogP contribution in [0.2, 0.25) is 0 Å². The smallest absolute Gasteiger partial charge is 0.337 e. The van der Waals surface area contributed by atoms with Gasteiger partial charge in [0.05, 0.1) is 36.9 Å². The van der Waals surface area contributed by atoms with E-state index in [0.29, 0.717) is 11.1 Å². The van der Waals surface area contributed by atoms with E-state index in [1.165, 1.54) is 7.11 Å². The number of ketones is 1. The average molecular weight is 440 g/mol. The van der Waals surface area contributed by atoms with Gasteiger partial charge in [0.2, 0.25) is 0 Å². The lowest BCUT2D eigenvalue weighted by molar-refractivity contribution is -0.127. The normalized spacial score (nSPS) is 22.5. The molecule has 2 aliphatic rings. The molecule has 1 saturated heterocycles. The Labute approximate surface area is 193 Å². The highest BCUT2D eigenvalue weighted by atomic mass is 16.5. The number of nitriles is 2. The molecule has 2 aliphatic heterocycles. The second-order valence-electron chi connectivity index (χ2n) is 9.51. The Morgan fingerprint density at radius 1 is 1.03 bits per heavy atom. The third-order valence-electron chi connectivity index (χ3n) is 6.61. The molecule has 2 unspecified atom stereocenters. The molecule has 1 fully saturated rings. The monoisotopic (exact) mass is 439 g/mol. The van der Waals surface area contributed by atoms with Gasteiger partial charge in [-0.3, -0.25) is 4.79 Å². The van der Waals surface area contributed by atoms with Crippen molar-refractivity contribution in [3.8, 4) is 12.1 Å².